The van der Waals surface area contributed by atoms with Crippen LogP contribution in [0.3, 0.4) is 0 Å². The first-order valence-corrected chi connectivity index (χ1v) is 3.37. The molecule has 1 saturated heterocycles. The van der Waals surface area contributed by atoms with E-state index in [9.17, 15) is 0 Å². The summed E-state index contributed by atoms with van der Waals surface area (Å²) in [5.41, 5.74) is 0. The Morgan fingerprint density at radius 3 is 1.90 bits per heavy atom. The summed E-state index contributed by atoms with van der Waals surface area (Å²) in [7, 11) is 5.60. The first-order valence-electron chi connectivity index (χ1n) is 3.37. The van der Waals surface area contributed by atoms with Crippen LogP contribution in [-0.4, -0.2) is 20.0 Å². The first-order chi connectivity index (χ1) is 4.13. The quantitative estimate of drug-likeness (QED) is 0.479. The van der Waals surface area contributed by atoms with Crippen LogP contribution in [0, 0.1) is 18.8 Å². The molecule has 56 valence electrons. The first kappa shape index (κ1) is 10.7. The van der Waals surface area contributed by atoms with Crippen molar-refractivity contribution in [2.75, 3.05) is 0 Å². The van der Waals surface area contributed by atoms with Crippen LogP contribution in [0.4, 0.5) is 0 Å². The molecule has 1 fully saturated rings. The van der Waals surface area contributed by atoms with Gasteiger partial charge < -0.3 is 11.7 Å². The van der Waals surface area contributed by atoms with Crippen molar-refractivity contribution in [3.63, 3.8) is 0 Å². The topological polar surface area (TPSA) is 9.23 Å². The summed E-state index contributed by atoms with van der Waals surface area (Å²) in [6, 6.07) is -0.0949. The molecule has 4 atom stereocenters. The van der Waals surface area contributed by atoms with E-state index in [1.54, 1.807) is 0 Å². The van der Waals surface area contributed by atoms with Crippen molar-refractivity contribution in [2.24, 2.45) is 11.8 Å². The molecule has 1 rings (SSSR count). The second-order valence-electron chi connectivity index (χ2n) is 2.86. The van der Waals surface area contributed by atoms with Gasteiger partial charge in [-0.05, 0) is 11.8 Å². The summed E-state index contributed by atoms with van der Waals surface area (Å²) in [5, 5.41) is 0. The Hall–Kier alpha value is 0.713. The molecule has 1 heterocycles. The molecule has 0 amide bonds. The standard InChI is InChI=1S/C7H12BO.W/c1-4-5(2)7(8)9-6(4)3;/h4-7H,3H2,1-2H3;/q-1;/t4-,5?,6-,7-;/m1./s1. The summed E-state index contributed by atoms with van der Waals surface area (Å²) < 4.78 is 5.25. The molecular formula is C7H12BOW-. The van der Waals surface area contributed by atoms with Crippen molar-refractivity contribution in [3.05, 3.63) is 6.92 Å². The molecule has 10 heavy (non-hydrogen) atoms. The van der Waals surface area contributed by atoms with Crippen molar-refractivity contribution in [3.8, 4) is 0 Å². The van der Waals surface area contributed by atoms with Gasteiger partial charge in [-0.2, -0.15) is 0 Å². The normalized spacial score (nSPS) is 46.7. The molecule has 1 aliphatic heterocycles. The van der Waals surface area contributed by atoms with Crippen molar-refractivity contribution in [2.45, 2.75) is 26.0 Å². The van der Waals surface area contributed by atoms with E-state index in [1.165, 1.54) is 0 Å². The monoisotopic (exact) mass is 307 g/mol. The maximum absolute atomic E-state index is 5.60. The minimum absolute atomic E-state index is 0. The van der Waals surface area contributed by atoms with Gasteiger partial charge in [-0.1, -0.05) is 20.0 Å². The van der Waals surface area contributed by atoms with Gasteiger partial charge in [0.05, 0.1) is 0 Å². The van der Waals surface area contributed by atoms with Crippen LogP contribution in [0.15, 0.2) is 0 Å². The van der Waals surface area contributed by atoms with Crippen LogP contribution in [0.5, 0.6) is 0 Å². The predicted octanol–water partition coefficient (Wildman–Crippen LogP) is 0.984. The number of hydrogen-bond donors (Lipinski definition) is 0. The van der Waals surface area contributed by atoms with E-state index in [1.807, 2.05) is 0 Å². The van der Waals surface area contributed by atoms with Crippen LogP contribution in [0.2, 0.25) is 0 Å². The van der Waals surface area contributed by atoms with Crippen molar-refractivity contribution in [1.29, 1.82) is 0 Å². The van der Waals surface area contributed by atoms with Gasteiger partial charge in [-0.15, -0.1) is 0 Å². The van der Waals surface area contributed by atoms with Gasteiger partial charge >= 0.3 is 0 Å². The van der Waals surface area contributed by atoms with Crippen LogP contribution < -0.4 is 0 Å². The van der Waals surface area contributed by atoms with Crippen LogP contribution >= 0.6 is 0 Å². The Morgan fingerprint density at radius 2 is 1.80 bits per heavy atom. The van der Waals surface area contributed by atoms with E-state index in [2.05, 4.69) is 20.8 Å². The van der Waals surface area contributed by atoms with Gasteiger partial charge in [0.25, 0.3) is 0 Å². The van der Waals surface area contributed by atoms with E-state index in [-0.39, 0.29) is 33.2 Å². The molecule has 0 spiro atoms. The zero-order valence-corrected chi connectivity index (χ0v) is 9.34. The van der Waals surface area contributed by atoms with Gasteiger partial charge in [0.15, 0.2) is 0 Å². The predicted molar refractivity (Wildman–Crippen MR) is 38.1 cm³/mol. The molecule has 0 aliphatic carbocycles. The fourth-order valence-electron chi connectivity index (χ4n) is 1.09. The summed E-state index contributed by atoms with van der Waals surface area (Å²) in [4.78, 5) is 0. The molecule has 0 aromatic rings. The van der Waals surface area contributed by atoms with Gasteiger partial charge in [0, 0.05) is 27.1 Å². The minimum atomic E-state index is -0.0949. The van der Waals surface area contributed by atoms with Crippen LogP contribution in [-0.2, 0) is 25.8 Å². The van der Waals surface area contributed by atoms with Crippen LogP contribution in [0.1, 0.15) is 13.8 Å². The van der Waals surface area contributed by atoms with Crippen molar-refractivity contribution >= 4 is 7.85 Å². The third kappa shape index (κ3) is 1.86. The Balaban J connectivity index is 0.000000810. The third-order valence-corrected chi connectivity index (χ3v) is 2.27. The summed E-state index contributed by atoms with van der Waals surface area (Å²) in [6.45, 7) is 8.04. The van der Waals surface area contributed by atoms with E-state index in [0.717, 1.165) is 0 Å². The Labute approximate surface area is 78.6 Å². The number of hydrogen-bond acceptors (Lipinski definition) is 1. The third-order valence-electron chi connectivity index (χ3n) is 2.27. The fraction of sp³-hybridized carbons (Fsp3) is 0.857. The molecule has 0 aromatic carbocycles. The molecule has 2 radical (unpaired) electrons. The number of ether oxygens (including phenoxy) is 1. The molecule has 1 unspecified atom stereocenters. The Bertz CT molecular complexity index is 97.8. The second-order valence-corrected chi connectivity index (χ2v) is 2.86. The summed E-state index contributed by atoms with van der Waals surface area (Å²) in [5.74, 6) is 0.951. The molecule has 1 nitrogen and oxygen atoms in total. The molecule has 0 N–H and O–H groups in total. The Kier molecular flexibility index (Phi) is 4.20. The van der Waals surface area contributed by atoms with Gasteiger partial charge in [-0.25, -0.2) is 0 Å². The largest absolute Gasteiger partial charge is 0.416 e. The summed E-state index contributed by atoms with van der Waals surface area (Å²) >= 11 is 0. The van der Waals surface area contributed by atoms with Gasteiger partial charge in [-0.3, -0.25) is 0 Å². The van der Waals surface area contributed by atoms with Gasteiger partial charge in [0.2, 0.25) is 0 Å². The molecule has 3 heteroatoms. The average molecular weight is 307 g/mol. The zero-order chi connectivity index (χ0) is 7.02. The Morgan fingerprint density at radius 1 is 1.30 bits per heavy atom. The zero-order valence-electron chi connectivity index (χ0n) is 6.41. The van der Waals surface area contributed by atoms with E-state index in [0.29, 0.717) is 11.8 Å². The molecule has 1 aliphatic rings. The van der Waals surface area contributed by atoms with Gasteiger partial charge in [0.1, 0.15) is 7.85 Å². The average Bonchev–Trinajstić information content (AvgIpc) is 1.98. The SMILES string of the molecule is [B][C@@H]1O[C@H]([CH2-])[C@H](C)C1C.[W]. The maximum atomic E-state index is 5.60. The second kappa shape index (κ2) is 3.92. The molecular weight excluding hydrogens is 295 g/mol. The van der Waals surface area contributed by atoms with E-state index < -0.39 is 0 Å². The maximum Gasteiger partial charge on any atom is 0.109 e. The van der Waals surface area contributed by atoms with Crippen LogP contribution in [0.25, 0.3) is 0 Å². The smallest absolute Gasteiger partial charge is 0.109 e. The number of rotatable bonds is 0. The van der Waals surface area contributed by atoms with E-state index in [4.69, 9.17) is 12.6 Å². The molecule has 0 bridgehead atoms. The van der Waals surface area contributed by atoms with Crippen molar-refractivity contribution < 1.29 is 25.8 Å². The summed E-state index contributed by atoms with van der Waals surface area (Å²) in [6.07, 6.45) is 0.0926. The minimum Gasteiger partial charge on any atom is -0.416 e. The van der Waals surface area contributed by atoms with Crippen molar-refractivity contribution in [1.82, 2.24) is 0 Å². The fourth-order valence-corrected chi connectivity index (χ4v) is 1.09. The van der Waals surface area contributed by atoms with E-state index >= 15 is 0 Å². The molecule has 0 saturated carbocycles. The molecule has 0 aromatic heterocycles.